The number of methoxy groups -OCH3 is 1. The molecule has 1 saturated heterocycles. The molecule has 10 heteroatoms. The fourth-order valence-electron chi connectivity index (χ4n) is 3.56. The number of carboxylic acid groups (broad SMARTS) is 1. The molecule has 10 nitrogen and oxygen atoms in total. The molecule has 2 atom stereocenters. The van der Waals surface area contributed by atoms with Crippen molar-refractivity contribution in [2.75, 3.05) is 33.4 Å². The van der Waals surface area contributed by atoms with Crippen molar-refractivity contribution in [1.82, 2.24) is 19.5 Å². The molecule has 0 saturated carbocycles. The van der Waals surface area contributed by atoms with E-state index in [1.165, 1.54) is 0 Å². The molecule has 0 aromatic carbocycles. The second kappa shape index (κ2) is 10.1. The molecule has 2 aromatic rings. The van der Waals surface area contributed by atoms with Crippen LogP contribution in [-0.4, -0.2) is 86.7 Å². The Balaban J connectivity index is 0.000000878. The Hall–Kier alpha value is -2.56. The Morgan fingerprint density at radius 2 is 2.25 bits per heavy atom. The zero-order valence-electron chi connectivity index (χ0n) is 15.8. The third-order valence-electron chi connectivity index (χ3n) is 5.06. The van der Waals surface area contributed by atoms with Crippen LogP contribution in [0, 0.1) is 5.41 Å². The molecule has 154 valence electrons. The molecule has 3 rings (SSSR count). The van der Waals surface area contributed by atoms with Crippen LogP contribution in [0.15, 0.2) is 24.7 Å². The average molecular weight is 394 g/mol. The maximum Gasteiger partial charge on any atom is 0.290 e. The molecule has 3 N–H and O–H groups in total. The van der Waals surface area contributed by atoms with Gasteiger partial charge in [-0.3, -0.25) is 14.0 Å². The topological polar surface area (TPSA) is 137 Å². The van der Waals surface area contributed by atoms with E-state index in [-0.39, 0.29) is 19.0 Å². The van der Waals surface area contributed by atoms with Gasteiger partial charge >= 0.3 is 0 Å². The van der Waals surface area contributed by atoms with Crippen LogP contribution in [0.5, 0.6) is 0 Å². The number of aliphatic hydroxyl groups excluding tert-OH is 2. The summed E-state index contributed by atoms with van der Waals surface area (Å²) < 4.78 is 6.78. The number of carbonyl (C=O) groups is 2. The summed E-state index contributed by atoms with van der Waals surface area (Å²) in [6.45, 7) is 0.891. The number of amides is 1. The fraction of sp³-hybridized carbons (Fsp3) is 0.556. The molecule has 3 heterocycles. The lowest BCUT2D eigenvalue weighted by atomic mass is 9.74. The number of rotatable bonds is 6. The average Bonchev–Trinajstić information content (AvgIpc) is 3.18. The lowest BCUT2D eigenvalue weighted by molar-refractivity contribution is -0.122. The molecule has 1 aliphatic rings. The van der Waals surface area contributed by atoms with E-state index in [4.69, 9.17) is 14.6 Å². The van der Waals surface area contributed by atoms with Gasteiger partial charge in [-0.2, -0.15) is 0 Å². The molecular weight excluding hydrogens is 368 g/mol. The van der Waals surface area contributed by atoms with Gasteiger partial charge in [-0.15, -0.1) is 10.2 Å². The summed E-state index contributed by atoms with van der Waals surface area (Å²) in [4.78, 5) is 23.1. The summed E-state index contributed by atoms with van der Waals surface area (Å²) in [6.07, 6.45) is 4.45. The second-order valence-corrected chi connectivity index (χ2v) is 6.74. The van der Waals surface area contributed by atoms with Gasteiger partial charge in [-0.05, 0) is 31.4 Å². The van der Waals surface area contributed by atoms with Crippen molar-refractivity contribution in [3.63, 3.8) is 0 Å². The van der Waals surface area contributed by atoms with Gasteiger partial charge in [0.25, 0.3) is 12.4 Å². The van der Waals surface area contributed by atoms with Crippen LogP contribution in [-0.2, 0) is 9.53 Å². The SMILES string of the molecule is COCCC[C@@]1(CO)CN(C(=O)c2cccn3cnnc23)CC[C@H]1O.O=CO. The highest BCUT2D eigenvalue weighted by Crippen LogP contribution is 2.35. The lowest BCUT2D eigenvalue weighted by Gasteiger charge is -2.45. The maximum absolute atomic E-state index is 13.0. The summed E-state index contributed by atoms with van der Waals surface area (Å²) in [7, 11) is 1.62. The summed E-state index contributed by atoms with van der Waals surface area (Å²) in [5.74, 6) is -0.157. The van der Waals surface area contributed by atoms with Crippen LogP contribution in [0.3, 0.4) is 0 Å². The van der Waals surface area contributed by atoms with Crippen LogP contribution in [0.1, 0.15) is 29.6 Å². The molecule has 0 radical (unpaired) electrons. The third-order valence-corrected chi connectivity index (χ3v) is 5.06. The molecule has 2 aromatic heterocycles. The number of piperidine rings is 1. The van der Waals surface area contributed by atoms with Gasteiger partial charge in [0.1, 0.15) is 6.33 Å². The molecule has 1 aliphatic heterocycles. The number of hydrogen-bond donors (Lipinski definition) is 3. The molecule has 0 spiro atoms. The van der Waals surface area contributed by atoms with Gasteiger partial charge in [0.15, 0.2) is 5.65 Å². The van der Waals surface area contributed by atoms with Crippen molar-refractivity contribution >= 4 is 18.0 Å². The predicted octanol–water partition coefficient (Wildman–Crippen LogP) is 0.0422. The first-order chi connectivity index (χ1) is 13.5. The number of hydrogen-bond acceptors (Lipinski definition) is 7. The Kier molecular flexibility index (Phi) is 7.85. The van der Waals surface area contributed by atoms with Gasteiger partial charge in [-0.25, -0.2) is 0 Å². The van der Waals surface area contributed by atoms with Crippen molar-refractivity contribution < 1.29 is 29.6 Å². The van der Waals surface area contributed by atoms with Crippen molar-refractivity contribution in [3.05, 3.63) is 30.2 Å². The Bertz CT molecular complexity index is 782. The number of aromatic nitrogens is 3. The summed E-state index contributed by atoms with van der Waals surface area (Å²) in [5, 5.41) is 35.2. The molecule has 1 fully saturated rings. The summed E-state index contributed by atoms with van der Waals surface area (Å²) >= 11 is 0. The monoisotopic (exact) mass is 394 g/mol. The van der Waals surface area contributed by atoms with E-state index in [1.54, 1.807) is 41.1 Å². The predicted molar refractivity (Wildman–Crippen MR) is 98.8 cm³/mol. The van der Waals surface area contributed by atoms with Crippen LogP contribution in [0.2, 0.25) is 0 Å². The highest BCUT2D eigenvalue weighted by Gasteiger charge is 2.43. The van der Waals surface area contributed by atoms with E-state index >= 15 is 0 Å². The van der Waals surface area contributed by atoms with Crippen molar-refractivity contribution in [1.29, 1.82) is 0 Å². The number of ether oxygens (including phenoxy) is 1. The van der Waals surface area contributed by atoms with E-state index in [1.807, 2.05) is 0 Å². The Morgan fingerprint density at radius 1 is 1.50 bits per heavy atom. The Labute approximate surface area is 162 Å². The number of fused-ring (bicyclic) bond motifs is 1. The molecule has 1 amide bonds. The van der Waals surface area contributed by atoms with Crippen LogP contribution < -0.4 is 0 Å². The minimum absolute atomic E-state index is 0.157. The molecule has 0 unspecified atom stereocenters. The van der Waals surface area contributed by atoms with Gasteiger partial charge in [-0.1, -0.05) is 0 Å². The number of carbonyl (C=O) groups excluding carboxylic acids is 1. The molecule has 0 aliphatic carbocycles. The standard InChI is InChI=1S/C17H24N4O4.CH2O2/c1-25-9-3-6-17(11-22)10-20(8-5-14(17)23)16(24)13-4-2-7-21-12-18-19-15(13)21;2-1-3/h2,4,7,12,14,22-23H,3,5-6,8-11H2,1H3;1H,(H,2,3)/t14-,17+;/m1./s1. The smallest absolute Gasteiger partial charge is 0.290 e. The maximum atomic E-state index is 13.0. The number of aliphatic hydroxyl groups is 2. The van der Waals surface area contributed by atoms with Crippen molar-refractivity contribution in [2.45, 2.75) is 25.4 Å². The van der Waals surface area contributed by atoms with E-state index in [9.17, 15) is 15.0 Å². The van der Waals surface area contributed by atoms with Crippen LogP contribution >= 0.6 is 0 Å². The quantitative estimate of drug-likeness (QED) is 0.461. The molecular formula is C18H26N4O6. The largest absolute Gasteiger partial charge is 0.483 e. The Morgan fingerprint density at radius 3 is 2.93 bits per heavy atom. The zero-order chi connectivity index (χ0) is 20.6. The minimum atomic E-state index is -0.717. The first kappa shape index (κ1) is 21.7. The highest BCUT2D eigenvalue weighted by molar-refractivity contribution is 5.99. The fourth-order valence-corrected chi connectivity index (χ4v) is 3.56. The van der Waals surface area contributed by atoms with Gasteiger partial charge in [0.2, 0.25) is 0 Å². The lowest BCUT2D eigenvalue weighted by Crippen LogP contribution is -2.55. The second-order valence-electron chi connectivity index (χ2n) is 6.74. The van der Waals surface area contributed by atoms with E-state index in [0.29, 0.717) is 43.7 Å². The van der Waals surface area contributed by atoms with Crippen LogP contribution in [0.25, 0.3) is 5.65 Å². The van der Waals surface area contributed by atoms with Crippen LogP contribution in [0.4, 0.5) is 0 Å². The van der Waals surface area contributed by atoms with Gasteiger partial charge in [0, 0.05) is 38.4 Å². The first-order valence-electron chi connectivity index (χ1n) is 8.96. The number of nitrogens with zero attached hydrogens (tertiary/aromatic N) is 4. The summed E-state index contributed by atoms with van der Waals surface area (Å²) in [6, 6.07) is 3.50. The summed E-state index contributed by atoms with van der Waals surface area (Å²) in [5.41, 5.74) is 0.262. The molecule has 0 bridgehead atoms. The van der Waals surface area contributed by atoms with Crippen molar-refractivity contribution in [3.8, 4) is 0 Å². The van der Waals surface area contributed by atoms with E-state index in [0.717, 1.165) is 6.42 Å². The minimum Gasteiger partial charge on any atom is -0.483 e. The first-order valence-corrected chi connectivity index (χ1v) is 8.96. The third kappa shape index (κ3) is 4.64. The van der Waals surface area contributed by atoms with E-state index in [2.05, 4.69) is 10.2 Å². The molecule has 28 heavy (non-hydrogen) atoms. The van der Waals surface area contributed by atoms with Gasteiger partial charge in [0.05, 0.1) is 18.3 Å². The normalized spacial score (nSPS) is 21.8. The zero-order valence-corrected chi connectivity index (χ0v) is 15.8. The van der Waals surface area contributed by atoms with Crippen molar-refractivity contribution in [2.24, 2.45) is 5.41 Å². The highest BCUT2D eigenvalue weighted by atomic mass is 16.5. The van der Waals surface area contributed by atoms with E-state index < -0.39 is 11.5 Å². The number of pyridine rings is 1. The number of likely N-dealkylation sites (tertiary alicyclic amines) is 1. The van der Waals surface area contributed by atoms with Gasteiger partial charge < -0.3 is 25.0 Å².